The molecule has 1 unspecified atom stereocenters. The minimum absolute atomic E-state index is 0.245. The number of halogens is 3. The van der Waals surface area contributed by atoms with Gasteiger partial charge in [0.25, 0.3) is 0 Å². The highest BCUT2D eigenvalue weighted by Crippen LogP contribution is 2.64. The molecule has 38 heavy (non-hydrogen) atoms. The van der Waals surface area contributed by atoms with E-state index in [1.807, 2.05) is 40.4 Å². The molecule has 2 fully saturated rings. The van der Waals surface area contributed by atoms with Crippen molar-refractivity contribution < 1.29 is 13.2 Å². The number of benzene rings is 2. The first-order valence-electron chi connectivity index (χ1n) is 12.7. The lowest BCUT2D eigenvalue weighted by molar-refractivity contribution is -0.137. The first-order chi connectivity index (χ1) is 18.3. The molecule has 1 saturated carbocycles. The summed E-state index contributed by atoms with van der Waals surface area (Å²) in [6.45, 7) is 3.10. The molecule has 2 aliphatic rings. The normalized spacial score (nSPS) is 21.4. The summed E-state index contributed by atoms with van der Waals surface area (Å²) in [5.74, 6) is 2.16. The van der Waals surface area contributed by atoms with Gasteiger partial charge in [0.2, 0.25) is 0 Å². The van der Waals surface area contributed by atoms with Crippen molar-refractivity contribution in [1.82, 2.24) is 34.4 Å². The predicted octanol–water partition coefficient (Wildman–Crippen LogP) is 5.44. The van der Waals surface area contributed by atoms with Gasteiger partial charge in [0.1, 0.15) is 12.7 Å². The molecule has 2 aromatic heterocycles. The lowest BCUT2D eigenvalue weighted by atomic mass is 9.97. The maximum absolute atomic E-state index is 12.9. The number of nitrogens with zero attached hydrogens (tertiary/aromatic N) is 7. The van der Waals surface area contributed by atoms with Crippen molar-refractivity contribution in [1.29, 1.82) is 0 Å². The molecule has 0 radical (unpaired) electrons. The summed E-state index contributed by atoms with van der Waals surface area (Å²) in [6, 6.07) is 13.8. The van der Waals surface area contributed by atoms with Crippen LogP contribution in [0.3, 0.4) is 0 Å². The average molecular weight is 540 g/mol. The maximum atomic E-state index is 12.9. The van der Waals surface area contributed by atoms with Crippen LogP contribution < -0.4 is 0 Å². The lowest BCUT2D eigenvalue weighted by Crippen LogP contribution is -2.23. The third kappa shape index (κ3) is 4.96. The minimum atomic E-state index is -4.28. The van der Waals surface area contributed by atoms with Gasteiger partial charge in [-0.25, -0.2) is 0 Å². The van der Waals surface area contributed by atoms with Crippen molar-refractivity contribution in [2.24, 2.45) is 12.5 Å². The summed E-state index contributed by atoms with van der Waals surface area (Å²) >= 11 is 1.71. The van der Waals surface area contributed by atoms with Crippen molar-refractivity contribution in [3.05, 3.63) is 72.3 Å². The minimum Gasteiger partial charge on any atom is -0.305 e. The van der Waals surface area contributed by atoms with Gasteiger partial charge in [0.05, 0.1) is 5.56 Å². The molecule has 3 heterocycles. The predicted molar refractivity (Wildman–Crippen MR) is 139 cm³/mol. The van der Waals surface area contributed by atoms with E-state index in [0.717, 1.165) is 72.4 Å². The van der Waals surface area contributed by atoms with Gasteiger partial charge in [0, 0.05) is 30.6 Å². The van der Waals surface area contributed by atoms with E-state index in [1.165, 1.54) is 12.1 Å². The summed E-state index contributed by atoms with van der Waals surface area (Å²) in [4.78, 5) is 2.50. The molecule has 1 spiro atoms. The first kappa shape index (κ1) is 25.1. The van der Waals surface area contributed by atoms with Crippen LogP contribution in [0.5, 0.6) is 0 Å². The summed E-state index contributed by atoms with van der Waals surface area (Å²) < 4.78 is 42.5. The Morgan fingerprint density at radius 2 is 1.74 bits per heavy atom. The van der Waals surface area contributed by atoms with E-state index in [1.54, 1.807) is 36.5 Å². The number of likely N-dealkylation sites (tertiary alicyclic amines) is 1. The lowest BCUT2D eigenvalue weighted by Gasteiger charge is -2.16. The topological polar surface area (TPSA) is 64.7 Å². The fourth-order valence-electron chi connectivity index (χ4n) is 5.61. The molecule has 0 N–H and O–H groups in total. The Balaban J connectivity index is 0.976. The number of rotatable bonds is 8. The largest absolute Gasteiger partial charge is 0.416 e. The van der Waals surface area contributed by atoms with Gasteiger partial charge in [-0.15, -0.1) is 20.4 Å². The summed E-state index contributed by atoms with van der Waals surface area (Å²) in [5, 5.41) is 17.4. The van der Waals surface area contributed by atoms with E-state index in [4.69, 9.17) is 0 Å². The molecule has 2 aromatic carbocycles. The van der Waals surface area contributed by atoms with Crippen LogP contribution in [-0.2, 0) is 13.2 Å². The second-order valence-electron chi connectivity index (χ2n) is 10.2. The van der Waals surface area contributed by atoms with Crippen molar-refractivity contribution >= 4 is 11.8 Å². The Morgan fingerprint density at radius 1 is 1.00 bits per heavy atom. The molecule has 1 aliphatic carbocycles. The van der Waals surface area contributed by atoms with E-state index < -0.39 is 11.7 Å². The molecule has 7 nitrogen and oxygen atoms in total. The van der Waals surface area contributed by atoms with Crippen LogP contribution in [0.25, 0.3) is 17.1 Å². The van der Waals surface area contributed by atoms with Crippen LogP contribution in [0.4, 0.5) is 13.2 Å². The molecule has 0 bridgehead atoms. The molecule has 6 rings (SSSR count). The van der Waals surface area contributed by atoms with Crippen LogP contribution >= 0.6 is 11.8 Å². The zero-order chi connectivity index (χ0) is 26.3. The highest BCUT2D eigenvalue weighted by molar-refractivity contribution is 7.99. The smallest absolute Gasteiger partial charge is 0.305 e. The van der Waals surface area contributed by atoms with Crippen molar-refractivity contribution in [3.8, 4) is 17.1 Å². The summed E-state index contributed by atoms with van der Waals surface area (Å²) in [5.41, 5.74) is 2.70. The zero-order valence-corrected chi connectivity index (χ0v) is 21.8. The molecule has 11 heteroatoms. The summed E-state index contributed by atoms with van der Waals surface area (Å²) in [6.07, 6.45) is 2.29. The zero-order valence-electron chi connectivity index (χ0n) is 21.0. The van der Waals surface area contributed by atoms with Crippen molar-refractivity contribution in [2.75, 3.05) is 25.4 Å². The highest BCUT2D eigenvalue weighted by atomic mass is 32.2. The van der Waals surface area contributed by atoms with Crippen LogP contribution in [0.2, 0.25) is 0 Å². The van der Waals surface area contributed by atoms with E-state index in [0.29, 0.717) is 5.92 Å². The Hall–Kier alpha value is -3.18. The molecular weight excluding hydrogens is 511 g/mol. The van der Waals surface area contributed by atoms with Gasteiger partial charge in [-0.05, 0) is 85.6 Å². The van der Waals surface area contributed by atoms with Gasteiger partial charge >= 0.3 is 6.18 Å². The Bertz CT molecular complexity index is 1380. The first-order valence-corrected chi connectivity index (χ1v) is 13.7. The van der Waals surface area contributed by atoms with Crippen molar-refractivity contribution in [2.45, 2.75) is 36.5 Å². The quantitative estimate of drug-likeness (QED) is 0.219. The molecule has 2 atom stereocenters. The second kappa shape index (κ2) is 9.85. The second-order valence-corrected chi connectivity index (χ2v) is 11.3. The third-order valence-electron chi connectivity index (χ3n) is 7.82. The molecular formula is C27H28F3N7S. The maximum Gasteiger partial charge on any atom is 0.416 e. The molecule has 4 aromatic rings. The van der Waals surface area contributed by atoms with Gasteiger partial charge in [0.15, 0.2) is 11.0 Å². The van der Waals surface area contributed by atoms with E-state index in [-0.39, 0.29) is 5.41 Å². The van der Waals surface area contributed by atoms with Gasteiger partial charge in [-0.2, -0.15) is 13.2 Å². The monoisotopic (exact) mass is 539 g/mol. The number of hydrogen-bond acceptors (Lipinski definition) is 6. The van der Waals surface area contributed by atoms with Crippen LogP contribution in [0, 0.1) is 5.41 Å². The molecule has 1 saturated heterocycles. The van der Waals surface area contributed by atoms with Crippen LogP contribution in [0.15, 0.2) is 66.3 Å². The number of hydrogen-bond donors (Lipinski definition) is 0. The molecule has 198 valence electrons. The van der Waals surface area contributed by atoms with Crippen LogP contribution in [0.1, 0.15) is 36.3 Å². The van der Waals surface area contributed by atoms with Gasteiger partial charge in [-0.1, -0.05) is 23.9 Å². The van der Waals surface area contributed by atoms with E-state index >= 15 is 0 Å². The van der Waals surface area contributed by atoms with Gasteiger partial charge < -0.3 is 9.47 Å². The number of thioether (sulfide) groups is 1. The standard InChI is InChI=1S/C27H28F3N7S/c1-35-24(20-5-9-22(10-6-20)37-17-31-32-18-37)33-34-25(35)38-14-2-12-36-13-11-26(16-36)15-23(26)19-3-7-21(8-4-19)27(28,29)30/h3-10,17-18,23H,2,11-16H2,1H3/t23-,26?/m1/s1. The fraction of sp³-hybridized carbons (Fsp3) is 0.407. The Morgan fingerprint density at radius 3 is 2.45 bits per heavy atom. The van der Waals surface area contributed by atoms with E-state index in [9.17, 15) is 13.2 Å². The average Bonchev–Trinajstić information content (AvgIpc) is 3.29. The third-order valence-corrected chi connectivity index (χ3v) is 8.93. The van der Waals surface area contributed by atoms with E-state index in [2.05, 4.69) is 25.3 Å². The Labute approximate surface area is 223 Å². The fourth-order valence-corrected chi connectivity index (χ4v) is 6.44. The molecule has 0 amide bonds. The number of alkyl halides is 3. The van der Waals surface area contributed by atoms with Crippen molar-refractivity contribution in [3.63, 3.8) is 0 Å². The Kier molecular flexibility index (Phi) is 6.51. The highest BCUT2D eigenvalue weighted by Gasteiger charge is 2.57. The molecule has 1 aliphatic heterocycles. The summed E-state index contributed by atoms with van der Waals surface area (Å²) in [7, 11) is 1.99. The van der Waals surface area contributed by atoms with Gasteiger partial charge in [-0.3, -0.25) is 4.57 Å². The number of aromatic nitrogens is 6. The SMILES string of the molecule is Cn1c(SCCCN2CCC3(C[C@@H]3c3ccc(C(F)(F)F)cc3)C2)nnc1-c1ccc(-n2cnnc2)cc1. The van der Waals surface area contributed by atoms with Crippen LogP contribution in [-0.4, -0.2) is 59.8 Å².